The molecule has 3 aliphatic rings. The van der Waals surface area contributed by atoms with Crippen molar-refractivity contribution < 1.29 is 19.1 Å². The van der Waals surface area contributed by atoms with Gasteiger partial charge in [0.2, 0.25) is 11.9 Å². The van der Waals surface area contributed by atoms with E-state index in [0.717, 1.165) is 44.8 Å². The van der Waals surface area contributed by atoms with Crippen molar-refractivity contribution in [2.75, 3.05) is 92.7 Å². The van der Waals surface area contributed by atoms with Crippen molar-refractivity contribution in [3.05, 3.63) is 54.1 Å². The van der Waals surface area contributed by atoms with Crippen LogP contribution in [-0.4, -0.2) is 121 Å². The number of nitrogens with zero attached hydrogens (tertiary/aromatic N) is 7. The van der Waals surface area contributed by atoms with Crippen LogP contribution in [0.3, 0.4) is 0 Å². The first kappa shape index (κ1) is 31.6. The number of rotatable bonds is 7. The maximum Gasteiger partial charge on any atom is 0.323 e. The van der Waals surface area contributed by atoms with E-state index >= 15 is 0 Å². The molecule has 6 rings (SSSR count). The number of morpholine rings is 2. The van der Waals surface area contributed by atoms with Gasteiger partial charge in [0.1, 0.15) is 0 Å². The van der Waals surface area contributed by atoms with Crippen molar-refractivity contribution in [1.82, 2.24) is 24.8 Å². The number of hydrogen-bond donors (Lipinski definition) is 2. The molecule has 1 unspecified atom stereocenters. The molecule has 13 heteroatoms. The van der Waals surface area contributed by atoms with E-state index in [1.54, 1.807) is 24.3 Å². The van der Waals surface area contributed by atoms with Crippen LogP contribution in [0.25, 0.3) is 11.4 Å². The number of carbonyl (C=O) groups excluding carboxylic acids is 2. The second kappa shape index (κ2) is 14.4. The Morgan fingerprint density at radius 1 is 0.739 bits per heavy atom. The predicted molar refractivity (Wildman–Crippen MR) is 178 cm³/mol. The molecule has 1 aromatic heterocycles. The number of nitrogens with one attached hydrogen (secondary N) is 2. The van der Waals surface area contributed by atoms with Gasteiger partial charge < -0.3 is 34.8 Å². The van der Waals surface area contributed by atoms with Crippen molar-refractivity contribution in [3.63, 3.8) is 0 Å². The zero-order valence-corrected chi connectivity index (χ0v) is 26.8. The van der Waals surface area contributed by atoms with Gasteiger partial charge in [-0.3, -0.25) is 9.69 Å². The smallest absolute Gasteiger partial charge is 0.323 e. The maximum absolute atomic E-state index is 13.2. The summed E-state index contributed by atoms with van der Waals surface area (Å²) < 4.78 is 11.0. The third kappa shape index (κ3) is 7.54. The van der Waals surface area contributed by atoms with Gasteiger partial charge in [0, 0.05) is 80.4 Å². The molecule has 0 spiro atoms. The minimum Gasteiger partial charge on any atom is -0.378 e. The summed E-state index contributed by atoms with van der Waals surface area (Å²) in [6.45, 7) is 14.3. The molecule has 3 aromatic rings. The Kier molecular flexibility index (Phi) is 9.91. The maximum atomic E-state index is 13.2. The number of aromatic nitrogens is 3. The number of anilines is 4. The third-order valence-corrected chi connectivity index (χ3v) is 8.64. The topological polar surface area (TPSA) is 128 Å². The molecule has 0 radical (unpaired) electrons. The summed E-state index contributed by atoms with van der Waals surface area (Å²) in [5.74, 6) is 1.85. The molecule has 0 bridgehead atoms. The largest absolute Gasteiger partial charge is 0.378 e. The van der Waals surface area contributed by atoms with Crippen molar-refractivity contribution >= 4 is 35.2 Å². The van der Waals surface area contributed by atoms with E-state index in [9.17, 15) is 9.59 Å². The fourth-order valence-corrected chi connectivity index (χ4v) is 5.91. The standard InChI is InChI=1S/C33H43N9O4/c1-23(2)41-12-13-42(24(3)22-41)30(43)26-6-10-28(11-7-26)35-33(44)34-27-8-4-25(5-9-27)29-36-31(39-14-18-45-19-15-39)38-32(37-29)40-16-20-46-21-17-40/h4-11,23-24H,12-22H2,1-3H3,(H2,34,35,44). The van der Waals surface area contributed by atoms with Crippen LogP contribution in [0.4, 0.5) is 28.1 Å². The number of piperazine rings is 1. The summed E-state index contributed by atoms with van der Waals surface area (Å²) in [5, 5.41) is 5.73. The highest BCUT2D eigenvalue weighted by atomic mass is 16.5. The molecule has 1 atom stereocenters. The van der Waals surface area contributed by atoms with E-state index in [-0.39, 0.29) is 18.0 Å². The average molecular weight is 630 g/mol. The van der Waals surface area contributed by atoms with Gasteiger partial charge in [-0.1, -0.05) is 0 Å². The van der Waals surface area contributed by atoms with Crippen molar-refractivity contribution in [3.8, 4) is 11.4 Å². The normalized spacial score (nSPS) is 19.3. The van der Waals surface area contributed by atoms with Gasteiger partial charge in [0.05, 0.1) is 26.4 Å². The van der Waals surface area contributed by atoms with Gasteiger partial charge in [0.15, 0.2) is 5.82 Å². The lowest BCUT2D eigenvalue weighted by molar-refractivity contribution is 0.0426. The van der Waals surface area contributed by atoms with E-state index in [1.165, 1.54) is 0 Å². The van der Waals surface area contributed by atoms with Crippen molar-refractivity contribution in [1.29, 1.82) is 0 Å². The van der Waals surface area contributed by atoms with Crippen LogP contribution < -0.4 is 20.4 Å². The minimum atomic E-state index is -0.380. The van der Waals surface area contributed by atoms with Gasteiger partial charge in [-0.15, -0.1) is 0 Å². The SMILES string of the molecule is CC(C)N1CCN(C(=O)c2ccc(NC(=O)Nc3ccc(-c4nc(N5CCOCC5)nc(N5CCOCC5)n4)cc3)cc2)C(C)C1. The van der Waals surface area contributed by atoms with Gasteiger partial charge in [-0.2, -0.15) is 15.0 Å². The van der Waals surface area contributed by atoms with Crippen LogP contribution in [0.1, 0.15) is 31.1 Å². The monoisotopic (exact) mass is 629 g/mol. The van der Waals surface area contributed by atoms with Gasteiger partial charge in [-0.05, 0) is 69.3 Å². The van der Waals surface area contributed by atoms with E-state index in [2.05, 4.69) is 46.1 Å². The lowest BCUT2D eigenvalue weighted by Crippen LogP contribution is -2.55. The van der Waals surface area contributed by atoms with Gasteiger partial charge >= 0.3 is 6.03 Å². The van der Waals surface area contributed by atoms with Gasteiger partial charge in [-0.25, -0.2) is 4.79 Å². The molecule has 3 aliphatic heterocycles. The highest BCUT2D eigenvalue weighted by molar-refractivity contribution is 6.00. The van der Waals surface area contributed by atoms with Crippen LogP contribution in [0.2, 0.25) is 0 Å². The van der Waals surface area contributed by atoms with E-state index < -0.39 is 0 Å². The Bertz CT molecular complexity index is 1450. The number of urea groups is 1. The molecule has 3 fully saturated rings. The molecular weight excluding hydrogens is 586 g/mol. The number of hydrogen-bond acceptors (Lipinski definition) is 10. The molecule has 4 heterocycles. The Balaban J connectivity index is 1.08. The highest BCUT2D eigenvalue weighted by Gasteiger charge is 2.29. The zero-order valence-electron chi connectivity index (χ0n) is 26.8. The van der Waals surface area contributed by atoms with E-state index in [4.69, 9.17) is 24.4 Å². The summed E-state index contributed by atoms with van der Waals surface area (Å²) in [6, 6.07) is 14.7. The number of carbonyl (C=O) groups is 2. The van der Waals surface area contributed by atoms with Crippen LogP contribution in [0, 0.1) is 0 Å². The molecule has 3 amide bonds. The molecule has 2 aromatic carbocycles. The Morgan fingerprint density at radius 3 is 1.76 bits per heavy atom. The highest BCUT2D eigenvalue weighted by Crippen LogP contribution is 2.24. The quantitative estimate of drug-likeness (QED) is 0.401. The average Bonchev–Trinajstić information content (AvgIpc) is 3.09. The molecule has 2 N–H and O–H groups in total. The first-order valence-electron chi connectivity index (χ1n) is 16.1. The lowest BCUT2D eigenvalue weighted by atomic mass is 10.1. The molecular formula is C33H43N9O4. The summed E-state index contributed by atoms with van der Waals surface area (Å²) in [6.07, 6.45) is 0. The van der Waals surface area contributed by atoms with E-state index in [1.807, 2.05) is 29.2 Å². The summed E-state index contributed by atoms with van der Waals surface area (Å²) in [4.78, 5) is 48.9. The molecule has 3 saturated heterocycles. The fraction of sp³-hybridized carbons (Fsp3) is 0.485. The third-order valence-electron chi connectivity index (χ3n) is 8.64. The summed E-state index contributed by atoms with van der Waals surface area (Å²) >= 11 is 0. The lowest BCUT2D eigenvalue weighted by Gasteiger charge is -2.41. The molecule has 0 aliphatic carbocycles. The van der Waals surface area contributed by atoms with E-state index in [0.29, 0.717) is 73.7 Å². The molecule has 244 valence electrons. The van der Waals surface area contributed by atoms with Gasteiger partial charge in [0.25, 0.3) is 5.91 Å². The van der Waals surface area contributed by atoms with Crippen molar-refractivity contribution in [2.24, 2.45) is 0 Å². The number of benzene rings is 2. The Morgan fingerprint density at radius 2 is 1.26 bits per heavy atom. The molecule has 46 heavy (non-hydrogen) atoms. The first-order valence-corrected chi connectivity index (χ1v) is 16.1. The Labute approximate surface area is 269 Å². The predicted octanol–water partition coefficient (Wildman–Crippen LogP) is 3.41. The summed E-state index contributed by atoms with van der Waals surface area (Å²) in [7, 11) is 0. The van der Waals surface area contributed by atoms with Crippen LogP contribution in [0.15, 0.2) is 48.5 Å². The first-order chi connectivity index (χ1) is 22.3. The number of amides is 3. The van der Waals surface area contributed by atoms with Crippen LogP contribution >= 0.6 is 0 Å². The van der Waals surface area contributed by atoms with Crippen LogP contribution in [0.5, 0.6) is 0 Å². The second-order valence-corrected chi connectivity index (χ2v) is 12.1. The summed E-state index contributed by atoms with van der Waals surface area (Å²) in [5.41, 5.74) is 2.65. The zero-order chi connectivity index (χ0) is 32.0. The Hall–Kier alpha value is -4.33. The minimum absolute atomic E-state index is 0.0132. The van der Waals surface area contributed by atoms with Crippen LogP contribution in [-0.2, 0) is 9.47 Å². The molecule has 0 saturated carbocycles. The number of ether oxygens (including phenoxy) is 2. The second-order valence-electron chi connectivity index (χ2n) is 12.1. The van der Waals surface area contributed by atoms with Crippen molar-refractivity contribution in [2.45, 2.75) is 32.9 Å². The fourth-order valence-electron chi connectivity index (χ4n) is 5.91. The molecule has 13 nitrogen and oxygen atoms in total.